The molecule has 0 aliphatic carbocycles. The number of rotatable bonds is 6. The van der Waals surface area contributed by atoms with Gasteiger partial charge in [-0.15, -0.1) is 0 Å². The third kappa shape index (κ3) is 5.43. The largest absolute Gasteiger partial charge is 0.352 e. The van der Waals surface area contributed by atoms with Gasteiger partial charge in [0.05, 0.1) is 6.42 Å². The molecule has 1 saturated heterocycles. The van der Waals surface area contributed by atoms with E-state index in [1.807, 2.05) is 12.1 Å². The van der Waals surface area contributed by atoms with Crippen LogP contribution in [0.3, 0.4) is 0 Å². The van der Waals surface area contributed by atoms with E-state index in [0.717, 1.165) is 18.0 Å². The number of nitrogens with zero attached hydrogens (tertiary/aromatic N) is 1. The topological polar surface area (TPSA) is 32.3 Å². The molecule has 1 fully saturated rings. The maximum atomic E-state index is 12.3. The molecule has 1 aliphatic rings. The van der Waals surface area contributed by atoms with Crippen molar-refractivity contribution in [3.05, 3.63) is 70.8 Å². The molecule has 0 radical (unpaired) electrons. The summed E-state index contributed by atoms with van der Waals surface area (Å²) in [5.41, 5.74) is 4.83. The minimum Gasteiger partial charge on any atom is -0.352 e. The Morgan fingerprint density at radius 3 is 2.58 bits per heavy atom. The zero-order valence-corrected chi connectivity index (χ0v) is 16.0. The van der Waals surface area contributed by atoms with Gasteiger partial charge in [0.25, 0.3) is 0 Å². The summed E-state index contributed by atoms with van der Waals surface area (Å²) < 4.78 is 0. The van der Waals surface area contributed by atoms with Gasteiger partial charge >= 0.3 is 0 Å². The third-order valence-corrected chi connectivity index (χ3v) is 5.21. The van der Waals surface area contributed by atoms with Crippen molar-refractivity contribution in [3.63, 3.8) is 0 Å². The van der Waals surface area contributed by atoms with Crippen molar-refractivity contribution < 1.29 is 4.79 Å². The molecule has 0 spiro atoms. The first-order valence-corrected chi connectivity index (χ1v) is 9.71. The van der Waals surface area contributed by atoms with Gasteiger partial charge in [-0.3, -0.25) is 9.69 Å². The van der Waals surface area contributed by atoms with E-state index in [1.165, 1.54) is 42.6 Å². The second kappa shape index (κ2) is 9.00. The minimum absolute atomic E-state index is 0.0789. The predicted molar refractivity (Wildman–Crippen MR) is 107 cm³/mol. The van der Waals surface area contributed by atoms with Crippen molar-refractivity contribution in [3.8, 4) is 0 Å². The van der Waals surface area contributed by atoms with Crippen LogP contribution in [0.5, 0.6) is 0 Å². The lowest BCUT2D eigenvalue weighted by Gasteiger charge is -2.31. The first kappa shape index (κ1) is 18.7. The lowest BCUT2D eigenvalue weighted by Crippen LogP contribution is -2.34. The van der Waals surface area contributed by atoms with Crippen molar-refractivity contribution in [1.29, 1.82) is 0 Å². The number of nitrogens with one attached hydrogen (secondary N) is 1. The molecule has 0 saturated carbocycles. The number of hydrogen-bond donors (Lipinski definition) is 1. The molecule has 3 heteroatoms. The van der Waals surface area contributed by atoms with Crippen LogP contribution in [0.2, 0.25) is 0 Å². The van der Waals surface area contributed by atoms with Gasteiger partial charge in [-0.1, -0.05) is 61.0 Å². The van der Waals surface area contributed by atoms with Crippen LogP contribution in [0.15, 0.2) is 48.5 Å². The number of carbonyl (C=O) groups excluding carboxylic acids is 1. The van der Waals surface area contributed by atoms with Crippen LogP contribution < -0.4 is 5.32 Å². The highest BCUT2D eigenvalue weighted by Crippen LogP contribution is 2.19. The molecular formula is C23H30N2O. The van der Waals surface area contributed by atoms with Gasteiger partial charge in [0.15, 0.2) is 0 Å². The number of hydrogen-bond acceptors (Lipinski definition) is 2. The maximum absolute atomic E-state index is 12.3. The van der Waals surface area contributed by atoms with Crippen LogP contribution in [0, 0.1) is 12.8 Å². The quantitative estimate of drug-likeness (QED) is 0.851. The molecule has 1 heterocycles. The number of aryl methyl sites for hydroxylation is 1. The third-order valence-electron chi connectivity index (χ3n) is 5.21. The molecular weight excluding hydrogens is 320 g/mol. The van der Waals surface area contributed by atoms with Crippen molar-refractivity contribution in [2.45, 2.75) is 46.2 Å². The second-order valence-electron chi connectivity index (χ2n) is 7.69. The summed E-state index contributed by atoms with van der Waals surface area (Å²) in [6, 6.07) is 16.6. The van der Waals surface area contributed by atoms with Crippen LogP contribution in [0.4, 0.5) is 0 Å². The fraction of sp³-hybridized carbons (Fsp3) is 0.435. The normalized spacial score (nSPS) is 17.8. The fourth-order valence-electron chi connectivity index (χ4n) is 3.70. The first-order valence-electron chi connectivity index (χ1n) is 9.71. The Kier molecular flexibility index (Phi) is 6.45. The second-order valence-corrected chi connectivity index (χ2v) is 7.69. The monoisotopic (exact) mass is 350 g/mol. The Bertz CT molecular complexity index is 723. The molecule has 1 amide bonds. The summed E-state index contributed by atoms with van der Waals surface area (Å²) >= 11 is 0. The molecule has 3 rings (SSSR count). The van der Waals surface area contributed by atoms with Crippen LogP contribution in [-0.2, 0) is 24.3 Å². The number of benzene rings is 2. The number of amides is 1. The van der Waals surface area contributed by atoms with Crippen LogP contribution in [-0.4, -0.2) is 23.9 Å². The highest BCUT2D eigenvalue weighted by molar-refractivity contribution is 5.78. The standard InChI is InChI=1S/C23H30N2O/c1-18-9-11-20(12-10-18)14-23(26)24-15-21-7-3-4-8-22(21)17-25-13-5-6-19(2)16-25/h3-4,7-12,19H,5-6,13-17H2,1-2H3,(H,24,26). The average Bonchev–Trinajstić information content (AvgIpc) is 2.63. The van der Waals surface area contributed by atoms with Crippen molar-refractivity contribution >= 4 is 5.91 Å². The summed E-state index contributed by atoms with van der Waals surface area (Å²) in [6.07, 6.45) is 3.07. The molecule has 1 atom stereocenters. The van der Waals surface area contributed by atoms with E-state index in [-0.39, 0.29) is 5.91 Å². The Hall–Kier alpha value is -2.13. The van der Waals surface area contributed by atoms with E-state index in [1.54, 1.807) is 0 Å². The van der Waals surface area contributed by atoms with Crippen molar-refractivity contribution in [2.75, 3.05) is 13.1 Å². The zero-order chi connectivity index (χ0) is 18.4. The Balaban J connectivity index is 1.55. The molecule has 2 aromatic rings. The number of piperidine rings is 1. The van der Waals surface area contributed by atoms with Gasteiger partial charge < -0.3 is 5.32 Å². The molecule has 3 nitrogen and oxygen atoms in total. The SMILES string of the molecule is Cc1ccc(CC(=O)NCc2ccccc2CN2CCCC(C)C2)cc1. The Morgan fingerprint density at radius 2 is 1.85 bits per heavy atom. The first-order chi connectivity index (χ1) is 12.6. The van der Waals surface area contributed by atoms with Gasteiger partial charge in [-0.25, -0.2) is 0 Å². The predicted octanol–water partition coefficient (Wildman–Crippen LogP) is 4.09. The summed E-state index contributed by atoms with van der Waals surface area (Å²) in [5.74, 6) is 0.861. The minimum atomic E-state index is 0.0789. The summed E-state index contributed by atoms with van der Waals surface area (Å²) in [5, 5.41) is 3.09. The van der Waals surface area contributed by atoms with Gasteiger partial charge in [0, 0.05) is 19.6 Å². The maximum Gasteiger partial charge on any atom is 0.224 e. The van der Waals surface area contributed by atoms with Crippen LogP contribution >= 0.6 is 0 Å². The summed E-state index contributed by atoms with van der Waals surface area (Å²) in [6.45, 7) is 8.33. The van der Waals surface area contributed by atoms with Crippen LogP contribution in [0.1, 0.15) is 42.0 Å². The van der Waals surface area contributed by atoms with Gasteiger partial charge in [0.2, 0.25) is 5.91 Å². The molecule has 1 N–H and O–H groups in total. The lowest BCUT2D eigenvalue weighted by atomic mass is 9.99. The van der Waals surface area contributed by atoms with Gasteiger partial charge in [0.1, 0.15) is 0 Å². The van der Waals surface area contributed by atoms with Crippen molar-refractivity contribution in [2.24, 2.45) is 5.92 Å². The summed E-state index contributed by atoms with van der Waals surface area (Å²) in [7, 11) is 0. The summed E-state index contributed by atoms with van der Waals surface area (Å²) in [4.78, 5) is 14.8. The zero-order valence-electron chi connectivity index (χ0n) is 16.0. The van der Waals surface area contributed by atoms with Gasteiger partial charge in [-0.05, 0) is 48.9 Å². The average molecular weight is 351 g/mol. The fourth-order valence-corrected chi connectivity index (χ4v) is 3.70. The number of likely N-dealkylation sites (tertiary alicyclic amines) is 1. The Labute approximate surface area is 157 Å². The van der Waals surface area contributed by atoms with E-state index in [4.69, 9.17) is 0 Å². The lowest BCUT2D eigenvalue weighted by molar-refractivity contribution is -0.120. The molecule has 1 unspecified atom stereocenters. The smallest absolute Gasteiger partial charge is 0.224 e. The Morgan fingerprint density at radius 1 is 1.12 bits per heavy atom. The number of carbonyl (C=O) groups is 1. The molecule has 0 bridgehead atoms. The van der Waals surface area contributed by atoms with E-state index < -0.39 is 0 Å². The van der Waals surface area contributed by atoms with E-state index in [2.05, 4.69) is 60.5 Å². The molecule has 0 aromatic heterocycles. The van der Waals surface area contributed by atoms with E-state index >= 15 is 0 Å². The molecule has 1 aliphatic heterocycles. The molecule has 26 heavy (non-hydrogen) atoms. The van der Waals surface area contributed by atoms with E-state index in [0.29, 0.717) is 13.0 Å². The molecule has 138 valence electrons. The van der Waals surface area contributed by atoms with Crippen LogP contribution in [0.25, 0.3) is 0 Å². The van der Waals surface area contributed by atoms with Crippen molar-refractivity contribution in [1.82, 2.24) is 10.2 Å². The highest BCUT2D eigenvalue weighted by Gasteiger charge is 2.17. The van der Waals surface area contributed by atoms with E-state index in [9.17, 15) is 4.79 Å². The highest BCUT2D eigenvalue weighted by atomic mass is 16.1. The van der Waals surface area contributed by atoms with Gasteiger partial charge in [-0.2, -0.15) is 0 Å². The molecule has 2 aromatic carbocycles.